The fraction of sp³-hybridized carbons (Fsp3) is 0.500. The zero-order valence-electron chi connectivity index (χ0n) is 10.2. The van der Waals surface area contributed by atoms with E-state index < -0.39 is 4.92 Å². The van der Waals surface area contributed by atoms with Crippen molar-refractivity contribution in [2.45, 2.75) is 26.4 Å². The number of nitrogens with zero attached hydrogens (tertiary/aromatic N) is 1. The highest BCUT2D eigenvalue weighted by Gasteiger charge is 2.05. The van der Waals surface area contributed by atoms with Crippen LogP contribution in [-0.4, -0.2) is 24.2 Å². The summed E-state index contributed by atoms with van der Waals surface area (Å²) in [6.45, 7) is 6.07. The van der Waals surface area contributed by atoms with Crippen molar-refractivity contribution in [2.24, 2.45) is 0 Å². The number of nitro benzene ring substituents is 1. The van der Waals surface area contributed by atoms with Crippen LogP contribution in [0.25, 0.3) is 0 Å². The smallest absolute Gasteiger partial charge is 0.269 e. The van der Waals surface area contributed by atoms with Crippen molar-refractivity contribution in [2.75, 3.05) is 13.2 Å². The average Bonchev–Trinajstić information content (AvgIpc) is 2.34. The fourth-order valence-corrected chi connectivity index (χ4v) is 1.38. The third kappa shape index (κ3) is 4.93. The Morgan fingerprint density at radius 1 is 1.41 bits per heavy atom. The van der Waals surface area contributed by atoms with Gasteiger partial charge in [0.1, 0.15) is 0 Å². The Hall–Kier alpha value is -1.46. The van der Waals surface area contributed by atoms with Gasteiger partial charge in [-0.1, -0.05) is 12.1 Å². The summed E-state index contributed by atoms with van der Waals surface area (Å²) >= 11 is 0. The normalized spacial score (nSPS) is 12.4. The molecule has 17 heavy (non-hydrogen) atoms. The summed E-state index contributed by atoms with van der Waals surface area (Å²) < 4.78 is 5.28. The van der Waals surface area contributed by atoms with Crippen molar-refractivity contribution in [3.05, 3.63) is 39.9 Å². The van der Waals surface area contributed by atoms with E-state index in [4.69, 9.17) is 4.74 Å². The number of nitro groups is 1. The van der Waals surface area contributed by atoms with E-state index in [0.29, 0.717) is 19.8 Å². The first kappa shape index (κ1) is 13.6. The van der Waals surface area contributed by atoms with Gasteiger partial charge in [-0.15, -0.1) is 0 Å². The zero-order chi connectivity index (χ0) is 12.7. The maximum absolute atomic E-state index is 10.5. The minimum absolute atomic E-state index is 0.121. The standard InChI is InChI=1S/C12H18N2O3/c1-3-17-9-10(2)13-8-11-4-6-12(7-5-11)14(15)16/h4-7,10,13H,3,8-9H2,1-2H3. The number of rotatable bonds is 7. The summed E-state index contributed by atoms with van der Waals surface area (Å²) in [5, 5.41) is 13.8. The van der Waals surface area contributed by atoms with Crippen LogP contribution in [0.2, 0.25) is 0 Å². The van der Waals surface area contributed by atoms with E-state index in [0.717, 1.165) is 5.56 Å². The van der Waals surface area contributed by atoms with Crippen molar-refractivity contribution < 1.29 is 9.66 Å². The van der Waals surface area contributed by atoms with E-state index in [-0.39, 0.29) is 11.7 Å². The summed E-state index contributed by atoms with van der Waals surface area (Å²) in [6.07, 6.45) is 0. The van der Waals surface area contributed by atoms with Crippen LogP contribution in [0.15, 0.2) is 24.3 Å². The van der Waals surface area contributed by atoms with Crippen LogP contribution < -0.4 is 5.32 Å². The zero-order valence-corrected chi connectivity index (χ0v) is 10.2. The average molecular weight is 238 g/mol. The third-order valence-corrected chi connectivity index (χ3v) is 2.37. The molecule has 0 spiro atoms. The number of nitrogens with one attached hydrogen (secondary N) is 1. The molecule has 1 aromatic carbocycles. The van der Waals surface area contributed by atoms with E-state index >= 15 is 0 Å². The molecule has 0 aromatic heterocycles. The SMILES string of the molecule is CCOCC(C)NCc1ccc([N+](=O)[O-])cc1. The van der Waals surface area contributed by atoms with Crippen molar-refractivity contribution in [1.82, 2.24) is 5.32 Å². The van der Waals surface area contributed by atoms with Gasteiger partial charge in [-0.25, -0.2) is 0 Å². The van der Waals surface area contributed by atoms with Crippen molar-refractivity contribution in [3.63, 3.8) is 0 Å². The topological polar surface area (TPSA) is 64.4 Å². The second kappa shape index (κ2) is 6.98. The van der Waals surface area contributed by atoms with E-state index in [1.807, 2.05) is 13.8 Å². The van der Waals surface area contributed by atoms with Crippen LogP contribution in [0.4, 0.5) is 5.69 Å². The molecular weight excluding hydrogens is 220 g/mol. The number of hydrogen-bond donors (Lipinski definition) is 1. The molecule has 0 aliphatic rings. The molecule has 0 heterocycles. The highest BCUT2D eigenvalue weighted by Crippen LogP contribution is 2.11. The number of benzene rings is 1. The first-order valence-electron chi connectivity index (χ1n) is 5.68. The molecule has 1 aromatic rings. The van der Waals surface area contributed by atoms with Gasteiger partial charge in [0.2, 0.25) is 0 Å². The first-order valence-corrected chi connectivity index (χ1v) is 5.68. The monoisotopic (exact) mass is 238 g/mol. The fourth-order valence-electron chi connectivity index (χ4n) is 1.38. The molecule has 0 radical (unpaired) electrons. The van der Waals surface area contributed by atoms with Gasteiger partial charge in [0.25, 0.3) is 5.69 Å². The largest absolute Gasteiger partial charge is 0.380 e. The molecular formula is C12H18N2O3. The quantitative estimate of drug-likeness (QED) is 0.583. The molecule has 1 rings (SSSR count). The van der Waals surface area contributed by atoms with Crippen LogP contribution in [-0.2, 0) is 11.3 Å². The van der Waals surface area contributed by atoms with Crippen LogP contribution in [0.1, 0.15) is 19.4 Å². The molecule has 5 nitrogen and oxygen atoms in total. The van der Waals surface area contributed by atoms with Crippen molar-refractivity contribution >= 4 is 5.69 Å². The summed E-state index contributed by atoms with van der Waals surface area (Å²) in [5.74, 6) is 0. The summed E-state index contributed by atoms with van der Waals surface area (Å²) in [4.78, 5) is 10.1. The van der Waals surface area contributed by atoms with E-state index in [1.165, 1.54) is 12.1 Å². The van der Waals surface area contributed by atoms with E-state index in [9.17, 15) is 10.1 Å². The lowest BCUT2D eigenvalue weighted by Gasteiger charge is -2.13. The molecule has 1 atom stereocenters. The molecule has 0 saturated heterocycles. The highest BCUT2D eigenvalue weighted by atomic mass is 16.6. The molecule has 1 unspecified atom stereocenters. The van der Waals surface area contributed by atoms with Gasteiger partial charge >= 0.3 is 0 Å². The molecule has 0 bridgehead atoms. The lowest BCUT2D eigenvalue weighted by molar-refractivity contribution is -0.384. The maximum Gasteiger partial charge on any atom is 0.269 e. The molecule has 0 saturated carbocycles. The van der Waals surface area contributed by atoms with Gasteiger partial charge in [-0.05, 0) is 19.4 Å². The lowest BCUT2D eigenvalue weighted by atomic mass is 10.2. The van der Waals surface area contributed by atoms with Crippen molar-refractivity contribution in [1.29, 1.82) is 0 Å². The number of non-ortho nitro benzene ring substituents is 1. The Balaban J connectivity index is 2.39. The molecule has 0 aliphatic heterocycles. The molecule has 94 valence electrons. The van der Waals surface area contributed by atoms with Gasteiger partial charge in [-0.2, -0.15) is 0 Å². The van der Waals surface area contributed by atoms with Gasteiger partial charge in [0, 0.05) is 31.3 Å². The minimum atomic E-state index is -0.394. The predicted molar refractivity (Wildman–Crippen MR) is 65.9 cm³/mol. The summed E-state index contributed by atoms with van der Waals surface area (Å²) in [7, 11) is 0. The first-order chi connectivity index (χ1) is 8.13. The molecule has 0 amide bonds. The second-order valence-corrected chi connectivity index (χ2v) is 3.86. The van der Waals surface area contributed by atoms with Gasteiger partial charge in [0.05, 0.1) is 11.5 Å². The minimum Gasteiger partial charge on any atom is -0.380 e. The predicted octanol–water partition coefficient (Wildman–Crippen LogP) is 2.11. The Morgan fingerprint density at radius 2 is 2.06 bits per heavy atom. The van der Waals surface area contributed by atoms with E-state index in [1.54, 1.807) is 12.1 Å². The Morgan fingerprint density at radius 3 is 2.59 bits per heavy atom. The summed E-state index contributed by atoms with van der Waals surface area (Å²) in [5.41, 5.74) is 1.15. The van der Waals surface area contributed by atoms with Crippen LogP contribution in [0.5, 0.6) is 0 Å². The highest BCUT2D eigenvalue weighted by molar-refractivity contribution is 5.32. The molecule has 0 aliphatic carbocycles. The number of ether oxygens (including phenoxy) is 1. The maximum atomic E-state index is 10.5. The van der Waals surface area contributed by atoms with Gasteiger partial charge < -0.3 is 10.1 Å². The Bertz CT molecular complexity index is 351. The molecule has 1 N–H and O–H groups in total. The molecule has 5 heteroatoms. The Kier molecular flexibility index (Phi) is 5.59. The summed E-state index contributed by atoms with van der Waals surface area (Å²) in [6, 6.07) is 6.83. The number of hydrogen-bond acceptors (Lipinski definition) is 4. The van der Waals surface area contributed by atoms with Gasteiger partial charge in [0.15, 0.2) is 0 Å². The van der Waals surface area contributed by atoms with Crippen LogP contribution >= 0.6 is 0 Å². The Labute approximate surface area is 101 Å². The van der Waals surface area contributed by atoms with Crippen LogP contribution in [0.3, 0.4) is 0 Å². The third-order valence-electron chi connectivity index (χ3n) is 2.37. The lowest BCUT2D eigenvalue weighted by Crippen LogP contribution is -2.30. The van der Waals surface area contributed by atoms with Crippen LogP contribution in [0, 0.1) is 10.1 Å². The second-order valence-electron chi connectivity index (χ2n) is 3.86. The van der Waals surface area contributed by atoms with Crippen molar-refractivity contribution in [3.8, 4) is 0 Å². The van der Waals surface area contributed by atoms with Gasteiger partial charge in [-0.3, -0.25) is 10.1 Å². The van der Waals surface area contributed by atoms with E-state index in [2.05, 4.69) is 5.32 Å². The molecule has 0 fully saturated rings.